The van der Waals surface area contributed by atoms with Crippen molar-refractivity contribution in [2.24, 2.45) is 5.41 Å². The van der Waals surface area contributed by atoms with Crippen LogP contribution in [0.4, 0.5) is 5.69 Å². The van der Waals surface area contributed by atoms with Crippen LogP contribution in [0, 0.1) is 12.3 Å². The molecule has 1 aromatic heterocycles. The van der Waals surface area contributed by atoms with Gasteiger partial charge in [0, 0.05) is 6.20 Å². The topological polar surface area (TPSA) is 38.9 Å². The van der Waals surface area contributed by atoms with E-state index in [0.717, 1.165) is 16.9 Å². The van der Waals surface area contributed by atoms with Crippen LogP contribution < -0.4 is 5.73 Å². The number of nitrogens with zero attached hydrogens (tertiary/aromatic N) is 1. The smallest absolute Gasteiger partial charge is 0.0856 e. The van der Waals surface area contributed by atoms with Crippen LogP contribution in [-0.2, 0) is 0 Å². The van der Waals surface area contributed by atoms with Gasteiger partial charge in [-0.05, 0) is 30.0 Å². The Kier molecular flexibility index (Phi) is 2.94. The van der Waals surface area contributed by atoms with E-state index in [4.69, 9.17) is 5.73 Å². The Morgan fingerprint density at radius 2 is 2.00 bits per heavy atom. The molecule has 0 fully saturated rings. The molecule has 0 aromatic carbocycles. The molecular weight excluding hydrogens is 172 g/mol. The molecule has 2 N–H and O–H groups in total. The van der Waals surface area contributed by atoms with Crippen molar-refractivity contribution >= 4 is 11.8 Å². The zero-order chi connectivity index (χ0) is 10.8. The summed E-state index contributed by atoms with van der Waals surface area (Å²) in [5.41, 5.74) is 8.69. The summed E-state index contributed by atoms with van der Waals surface area (Å²) in [4.78, 5) is 4.27. The highest BCUT2D eigenvalue weighted by atomic mass is 14.7. The molecule has 0 aliphatic rings. The summed E-state index contributed by atoms with van der Waals surface area (Å²) in [5, 5.41) is 0. The normalized spacial score (nSPS) is 12.3. The molecule has 0 bridgehead atoms. The highest BCUT2D eigenvalue weighted by molar-refractivity contribution is 5.61. The molecule has 0 amide bonds. The molecule has 14 heavy (non-hydrogen) atoms. The Hall–Kier alpha value is -1.31. The highest BCUT2D eigenvalue weighted by Gasteiger charge is 2.04. The summed E-state index contributed by atoms with van der Waals surface area (Å²) in [6, 6.07) is 1.94. The van der Waals surface area contributed by atoms with Crippen molar-refractivity contribution in [1.29, 1.82) is 0 Å². The first kappa shape index (κ1) is 10.8. The van der Waals surface area contributed by atoms with E-state index < -0.39 is 0 Å². The maximum Gasteiger partial charge on any atom is 0.0856 e. The van der Waals surface area contributed by atoms with Crippen LogP contribution >= 0.6 is 0 Å². The molecule has 1 aromatic rings. The zero-order valence-corrected chi connectivity index (χ0v) is 9.33. The van der Waals surface area contributed by atoms with E-state index in [1.165, 1.54) is 0 Å². The first-order valence-electron chi connectivity index (χ1n) is 4.80. The van der Waals surface area contributed by atoms with Gasteiger partial charge < -0.3 is 5.73 Å². The van der Waals surface area contributed by atoms with Crippen LogP contribution in [0.5, 0.6) is 0 Å². The number of aryl methyl sites for hydroxylation is 1. The van der Waals surface area contributed by atoms with E-state index in [-0.39, 0.29) is 5.41 Å². The molecule has 0 aliphatic carbocycles. The third-order valence-corrected chi connectivity index (χ3v) is 1.83. The van der Waals surface area contributed by atoms with Gasteiger partial charge in [0.25, 0.3) is 0 Å². The highest BCUT2D eigenvalue weighted by Crippen LogP contribution is 2.19. The molecule has 0 radical (unpaired) electrons. The number of hydrogen-bond acceptors (Lipinski definition) is 2. The van der Waals surface area contributed by atoms with Crippen LogP contribution in [0.1, 0.15) is 32.0 Å². The first-order chi connectivity index (χ1) is 6.38. The van der Waals surface area contributed by atoms with E-state index in [1.807, 2.05) is 25.3 Å². The SMILES string of the molecule is Cc1cnc(/C=C/C(C)(C)C)c(N)c1. The van der Waals surface area contributed by atoms with Crippen molar-refractivity contribution < 1.29 is 0 Å². The van der Waals surface area contributed by atoms with Gasteiger partial charge in [0.15, 0.2) is 0 Å². The molecule has 0 saturated heterocycles. The standard InChI is InChI=1S/C12H18N2/c1-9-7-10(13)11(14-8-9)5-6-12(2,3)4/h5-8H,13H2,1-4H3/b6-5+. The summed E-state index contributed by atoms with van der Waals surface area (Å²) in [5.74, 6) is 0. The number of hydrogen-bond donors (Lipinski definition) is 1. The van der Waals surface area contributed by atoms with Gasteiger partial charge in [-0.25, -0.2) is 0 Å². The fraction of sp³-hybridized carbons (Fsp3) is 0.417. The van der Waals surface area contributed by atoms with Crippen LogP contribution in [0.25, 0.3) is 6.08 Å². The Labute approximate surface area is 85.9 Å². The van der Waals surface area contributed by atoms with Gasteiger partial charge in [0.05, 0.1) is 11.4 Å². The van der Waals surface area contributed by atoms with E-state index >= 15 is 0 Å². The Morgan fingerprint density at radius 1 is 1.36 bits per heavy atom. The summed E-state index contributed by atoms with van der Waals surface area (Å²) in [6.45, 7) is 8.43. The molecule has 0 spiro atoms. The number of rotatable bonds is 1. The maximum absolute atomic E-state index is 5.84. The number of pyridine rings is 1. The van der Waals surface area contributed by atoms with Gasteiger partial charge in [0.1, 0.15) is 0 Å². The number of anilines is 1. The lowest BCUT2D eigenvalue weighted by Gasteiger charge is -2.11. The minimum Gasteiger partial charge on any atom is -0.397 e. The average molecular weight is 190 g/mol. The number of nitrogens with two attached hydrogens (primary N) is 1. The van der Waals surface area contributed by atoms with Gasteiger partial charge in [-0.3, -0.25) is 4.98 Å². The van der Waals surface area contributed by atoms with Gasteiger partial charge in [0.2, 0.25) is 0 Å². The number of nitrogen functional groups attached to an aromatic ring is 1. The minimum absolute atomic E-state index is 0.166. The summed E-state index contributed by atoms with van der Waals surface area (Å²) < 4.78 is 0. The third-order valence-electron chi connectivity index (χ3n) is 1.83. The van der Waals surface area contributed by atoms with Crippen molar-refractivity contribution in [2.75, 3.05) is 5.73 Å². The lowest BCUT2D eigenvalue weighted by molar-refractivity contribution is 0.547. The van der Waals surface area contributed by atoms with Crippen LogP contribution in [0.15, 0.2) is 18.3 Å². The van der Waals surface area contributed by atoms with Crippen molar-refractivity contribution in [3.05, 3.63) is 29.6 Å². The molecular formula is C12H18N2. The maximum atomic E-state index is 5.84. The van der Waals surface area contributed by atoms with Crippen molar-refractivity contribution in [2.45, 2.75) is 27.7 Å². The lowest BCUT2D eigenvalue weighted by atomic mass is 9.96. The summed E-state index contributed by atoms with van der Waals surface area (Å²) in [7, 11) is 0. The second kappa shape index (κ2) is 3.82. The van der Waals surface area contributed by atoms with Crippen LogP contribution in [0.3, 0.4) is 0 Å². The molecule has 1 rings (SSSR count). The Balaban J connectivity index is 2.93. The van der Waals surface area contributed by atoms with Gasteiger partial charge in [-0.15, -0.1) is 0 Å². The van der Waals surface area contributed by atoms with Crippen molar-refractivity contribution in [1.82, 2.24) is 4.98 Å². The second-order valence-corrected chi connectivity index (χ2v) is 4.69. The van der Waals surface area contributed by atoms with E-state index in [2.05, 4.69) is 31.8 Å². The van der Waals surface area contributed by atoms with Crippen LogP contribution in [-0.4, -0.2) is 4.98 Å². The monoisotopic (exact) mass is 190 g/mol. The third kappa shape index (κ3) is 3.21. The fourth-order valence-electron chi connectivity index (χ4n) is 1.07. The zero-order valence-electron chi connectivity index (χ0n) is 9.33. The quantitative estimate of drug-likeness (QED) is 0.739. The lowest BCUT2D eigenvalue weighted by Crippen LogP contribution is -1.99. The molecule has 2 heteroatoms. The van der Waals surface area contributed by atoms with Crippen molar-refractivity contribution in [3.8, 4) is 0 Å². The second-order valence-electron chi connectivity index (χ2n) is 4.69. The van der Waals surface area contributed by atoms with E-state index in [0.29, 0.717) is 0 Å². The molecule has 0 saturated carbocycles. The Morgan fingerprint density at radius 3 is 2.50 bits per heavy atom. The van der Waals surface area contributed by atoms with Crippen LogP contribution in [0.2, 0.25) is 0 Å². The predicted molar refractivity (Wildman–Crippen MR) is 61.9 cm³/mol. The Bertz CT molecular complexity index is 346. The minimum atomic E-state index is 0.166. The van der Waals surface area contributed by atoms with Gasteiger partial charge in [-0.1, -0.05) is 26.8 Å². The largest absolute Gasteiger partial charge is 0.397 e. The van der Waals surface area contributed by atoms with Gasteiger partial charge in [-0.2, -0.15) is 0 Å². The molecule has 2 nitrogen and oxygen atoms in total. The van der Waals surface area contributed by atoms with Gasteiger partial charge >= 0.3 is 0 Å². The fourth-order valence-corrected chi connectivity index (χ4v) is 1.07. The predicted octanol–water partition coefficient (Wildman–Crippen LogP) is 3.03. The molecule has 76 valence electrons. The van der Waals surface area contributed by atoms with E-state index in [9.17, 15) is 0 Å². The number of allylic oxidation sites excluding steroid dienone is 1. The first-order valence-corrected chi connectivity index (χ1v) is 4.80. The van der Waals surface area contributed by atoms with E-state index in [1.54, 1.807) is 0 Å². The number of aromatic nitrogens is 1. The summed E-state index contributed by atoms with van der Waals surface area (Å²) in [6.07, 6.45) is 5.93. The van der Waals surface area contributed by atoms with Crippen molar-refractivity contribution in [3.63, 3.8) is 0 Å². The molecule has 0 unspecified atom stereocenters. The molecule has 1 heterocycles. The summed E-state index contributed by atoms with van der Waals surface area (Å²) >= 11 is 0. The molecule has 0 aliphatic heterocycles. The molecule has 0 atom stereocenters. The average Bonchev–Trinajstić information content (AvgIpc) is 2.00.